The van der Waals surface area contributed by atoms with Gasteiger partial charge in [-0.05, 0) is 50.7 Å². The number of ether oxygens (including phenoxy) is 1. The van der Waals surface area contributed by atoms with Crippen LogP contribution < -0.4 is 0 Å². The van der Waals surface area contributed by atoms with Gasteiger partial charge in [-0.25, -0.2) is 4.98 Å². The molecule has 0 bridgehead atoms. The van der Waals surface area contributed by atoms with Gasteiger partial charge in [0.25, 0.3) is 0 Å². The van der Waals surface area contributed by atoms with Gasteiger partial charge in [0.2, 0.25) is 0 Å². The molecule has 0 radical (unpaired) electrons. The van der Waals surface area contributed by atoms with Gasteiger partial charge >= 0.3 is 5.97 Å². The molecule has 0 saturated carbocycles. The first kappa shape index (κ1) is 26.7. The quantitative estimate of drug-likeness (QED) is 0.534. The summed E-state index contributed by atoms with van der Waals surface area (Å²) in [5.41, 5.74) is 0.841. The number of aliphatic hydroxyl groups excluding tert-OH is 1. The number of ketones is 1. The predicted molar refractivity (Wildman–Crippen MR) is 130 cm³/mol. The van der Waals surface area contributed by atoms with Crippen LogP contribution in [0.3, 0.4) is 0 Å². The number of aryl methyl sites for hydroxylation is 1. The molecule has 1 aliphatic heterocycles. The van der Waals surface area contributed by atoms with Crippen molar-refractivity contribution < 1.29 is 19.4 Å². The van der Waals surface area contributed by atoms with E-state index in [9.17, 15) is 14.7 Å². The topological polar surface area (TPSA) is 76.5 Å². The maximum Gasteiger partial charge on any atom is 0.309 e. The van der Waals surface area contributed by atoms with E-state index in [0.29, 0.717) is 5.92 Å². The Morgan fingerprint density at radius 1 is 1.19 bits per heavy atom. The number of nitrogens with zero attached hydrogens (tertiary/aromatic N) is 1. The normalized spacial score (nSPS) is 29.5. The van der Waals surface area contributed by atoms with Gasteiger partial charge in [0.15, 0.2) is 0 Å². The van der Waals surface area contributed by atoms with Crippen molar-refractivity contribution in [1.82, 2.24) is 4.98 Å². The Morgan fingerprint density at radius 3 is 2.47 bits per heavy atom. The third kappa shape index (κ3) is 7.80. The van der Waals surface area contributed by atoms with Crippen LogP contribution in [0.25, 0.3) is 6.08 Å². The van der Waals surface area contributed by atoms with Crippen LogP contribution in [-0.4, -0.2) is 34.1 Å². The standard InChI is InChI=1S/C26H41NO4S/c1-17-11-9-7-8-10-12-22(18(2)14-21-16-32-20(4)27-21)31-24(29)15-23(28)26(5,6)25(30)19(3)13-17/h14,16-17,19,22-23,28H,7-13,15H2,1-6H3/b18-14+/t17?,19?,22-,23?/m0/s1. The molecule has 6 heteroatoms. The Labute approximate surface area is 197 Å². The lowest BCUT2D eigenvalue weighted by Gasteiger charge is -2.32. The molecule has 1 fully saturated rings. The van der Waals surface area contributed by atoms with Crippen molar-refractivity contribution in [3.8, 4) is 0 Å². The summed E-state index contributed by atoms with van der Waals surface area (Å²) in [6, 6.07) is 0. The lowest BCUT2D eigenvalue weighted by molar-refractivity contribution is -0.153. The van der Waals surface area contributed by atoms with E-state index in [4.69, 9.17) is 4.74 Å². The lowest BCUT2D eigenvalue weighted by atomic mass is 9.74. The average Bonchev–Trinajstić information content (AvgIpc) is 3.12. The van der Waals surface area contributed by atoms with Crippen LogP contribution in [0.5, 0.6) is 0 Å². The summed E-state index contributed by atoms with van der Waals surface area (Å²) in [6.45, 7) is 11.6. The minimum atomic E-state index is -1.07. The molecule has 3 unspecified atom stereocenters. The zero-order valence-electron chi connectivity index (χ0n) is 20.6. The van der Waals surface area contributed by atoms with E-state index < -0.39 is 17.5 Å². The van der Waals surface area contributed by atoms with Crippen molar-refractivity contribution in [2.45, 2.75) is 105 Å². The molecule has 1 aromatic rings. The molecule has 1 saturated heterocycles. The number of Topliss-reactive ketones (excluding diaryl/α,β-unsaturated/α-hetero) is 1. The zero-order chi connectivity index (χ0) is 23.9. The molecule has 0 aliphatic carbocycles. The van der Waals surface area contributed by atoms with Gasteiger partial charge in [-0.3, -0.25) is 9.59 Å². The highest BCUT2D eigenvalue weighted by Gasteiger charge is 2.39. The number of carbonyl (C=O) groups excluding carboxylic acids is 2. The second kappa shape index (κ2) is 12.1. The van der Waals surface area contributed by atoms with Gasteiger partial charge in [-0.1, -0.05) is 53.4 Å². The lowest BCUT2D eigenvalue weighted by Crippen LogP contribution is -2.42. The van der Waals surface area contributed by atoms with Crippen molar-refractivity contribution in [3.63, 3.8) is 0 Å². The molecule has 1 N–H and O–H groups in total. The Hall–Kier alpha value is -1.53. The van der Waals surface area contributed by atoms with E-state index in [1.807, 2.05) is 32.2 Å². The number of rotatable bonds is 2. The number of hydrogen-bond donors (Lipinski definition) is 1. The highest BCUT2D eigenvalue weighted by Crippen LogP contribution is 2.32. The van der Waals surface area contributed by atoms with Crippen LogP contribution in [0.4, 0.5) is 0 Å². The highest BCUT2D eigenvalue weighted by atomic mass is 32.1. The molecule has 32 heavy (non-hydrogen) atoms. The van der Waals surface area contributed by atoms with Crippen molar-refractivity contribution in [2.75, 3.05) is 0 Å². The van der Waals surface area contributed by atoms with Crippen LogP contribution in [-0.2, 0) is 14.3 Å². The van der Waals surface area contributed by atoms with Gasteiger partial charge < -0.3 is 9.84 Å². The Morgan fingerprint density at radius 2 is 1.84 bits per heavy atom. The SMILES string of the molecule is C/C(=C\c1csc(C)n1)[C@@H]1CCCCCCC(C)CC(C)C(=O)C(C)(C)C(O)CC(=O)O1. The molecule has 0 aromatic carbocycles. The number of aliphatic hydroxyl groups is 1. The van der Waals surface area contributed by atoms with E-state index in [1.54, 1.807) is 25.2 Å². The molecule has 2 rings (SSSR count). The second-order valence-corrected chi connectivity index (χ2v) is 11.3. The van der Waals surface area contributed by atoms with Crippen LogP contribution in [0, 0.1) is 24.2 Å². The molecule has 180 valence electrons. The number of carbonyl (C=O) groups is 2. The number of hydrogen-bond acceptors (Lipinski definition) is 6. The van der Waals surface area contributed by atoms with Crippen LogP contribution in [0.15, 0.2) is 11.0 Å². The molecular formula is C26H41NO4S. The number of aromatic nitrogens is 1. The molecule has 1 aliphatic rings. The van der Waals surface area contributed by atoms with Gasteiger partial charge in [0.05, 0.1) is 28.6 Å². The van der Waals surface area contributed by atoms with E-state index in [2.05, 4.69) is 11.9 Å². The second-order valence-electron chi connectivity index (χ2n) is 10.2. The highest BCUT2D eigenvalue weighted by molar-refractivity contribution is 7.09. The third-order valence-electron chi connectivity index (χ3n) is 6.74. The molecule has 0 amide bonds. The summed E-state index contributed by atoms with van der Waals surface area (Å²) >= 11 is 1.59. The summed E-state index contributed by atoms with van der Waals surface area (Å²) in [7, 11) is 0. The molecule has 0 spiro atoms. The summed E-state index contributed by atoms with van der Waals surface area (Å²) in [6.07, 6.45) is 7.43. The first-order chi connectivity index (χ1) is 15.0. The monoisotopic (exact) mass is 463 g/mol. The molecule has 2 heterocycles. The first-order valence-corrected chi connectivity index (χ1v) is 12.9. The number of cyclic esters (lactones) is 1. The van der Waals surface area contributed by atoms with Crippen LogP contribution in [0.2, 0.25) is 0 Å². The summed E-state index contributed by atoms with van der Waals surface area (Å²) in [5.74, 6) is -0.112. The molecule has 1 aromatic heterocycles. The minimum absolute atomic E-state index is 0.0169. The smallest absolute Gasteiger partial charge is 0.309 e. The van der Waals surface area contributed by atoms with Crippen molar-refractivity contribution in [1.29, 1.82) is 0 Å². The van der Waals surface area contributed by atoms with Crippen molar-refractivity contribution >= 4 is 29.2 Å². The third-order valence-corrected chi connectivity index (χ3v) is 7.53. The summed E-state index contributed by atoms with van der Waals surface area (Å²) < 4.78 is 5.83. The average molecular weight is 464 g/mol. The fourth-order valence-corrected chi connectivity index (χ4v) is 5.15. The zero-order valence-corrected chi connectivity index (χ0v) is 21.5. The summed E-state index contributed by atoms with van der Waals surface area (Å²) in [5, 5.41) is 13.8. The van der Waals surface area contributed by atoms with Crippen LogP contribution in [0.1, 0.15) is 96.7 Å². The maximum atomic E-state index is 13.1. The van der Waals surface area contributed by atoms with E-state index in [1.165, 1.54) is 0 Å². The van der Waals surface area contributed by atoms with Crippen LogP contribution >= 0.6 is 11.3 Å². The Kier molecular flexibility index (Phi) is 10.1. The fourth-order valence-electron chi connectivity index (χ4n) is 4.58. The number of esters is 1. The number of thiazole rings is 1. The van der Waals surface area contributed by atoms with Gasteiger partial charge in [-0.15, -0.1) is 11.3 Å². The van der Waals surface area contributed by atoms with Crippen molar-refractivity contribution in [3.05, 3.63) is 21.7 Å². The molecule has 5 nitrogen and oxygen atoms in total. The van der Waals surface area contributed by atoms with Gasteiger partial charge in [0, 0.05) is 11.3 Å². The maximum absolute atomic E-state index is 13.1. The summed E-state index contributed by atoms with van der Waals surface area (Å²) in [4.78, 5) is 30.3. The van der Waals surface area contributed by atoms with E-state index in [0.717, 1.165) is 61.2 Å². The predicted octanol–water partition coefficient (Wildman–Crippen LogP) is 6.13. The Bertz CT molecular complexity index is 798. The van der Waals surface area contributed by atoms with Gasteiger partial charge in [-0.2, -0.15) is 0 Å². The first-order valence-electron chi connectivity index (χ1n) is 12.0. The minimum Gasteiger partial charge on any atom is -0.458 e. The van der Waals surface area contributed by atoms with E-state index >= 15 is 0 Å². The van der Waals surface area contributed by atoms with E-state index in [-0.39, 0.29) is 24.2 Å². The van der Waals surface area contributed by atoms with Crippen molar-refractivity contribution in [2.24, 2.45) is 17.3 Å². The molecular weight excluding hydrogens is 422 g/mol. The largest absolute Gasteiger partial charge is 0.458 e. The Balaban J connectivity index is 2.19. The van der Waals surface area contributed by atoms with Gasteiger partial charge in [0.1, 0.15) is 11.9 Å². The fraction of sp³-hybridized carbons (Fsp3) is 0.731. The molecule has 4 atom stereocenters.